The highest BCUT2D eigenvalue weighted by molar-refractivity contribution is 6.34. The summed E-state index contributed by atoms with van der Waals surface area (Å²) in [5, 5.41) is 3.19. The van der Waals surface area contributed by atoms with Crippen LogP contribution in [0.4, 0.5) is 5.69 Å². The SMILES string of the molecule is Cc1cc(=O)c(C(=O)Nc2ccccc2Cl)c(-c2ccccc2)n1Cc1cccnc1. The number of halogens is 1. The summed E-state index contributed by atoms with van der Waals surface area (Å²) in [6, 6.07) is 21.7. The molecule has 0 saturated heterocycles. The lowest BCUT2D eigenvalue weighted by molar-refractivity contribution is 0.102. The second-order valence-corrected chi connectivity index (χ2v) is 7.53. The molecule has 154 valence electrons. The first-order valence-corrected chi connectivity index (χ1v) is 10.2. The highest BCUT2D eigenvalue weighted by atomic mass is 35.5. The summed E-state index contributed by atoms with van der Waals surface area (Å²) < 4.78 is 1.97. The number of nitrogens with one attached hydrogen (secondary N) is 1. The molecule has 0 spiro atoms. The van der Waals surface area contributed by atoms with Crippen LogP contribution >= 0.6 is 11.6 Å². The van der Waals surface area contributed by atoms with Crippen molar-refractivity contribution in [2.45, 2.75) is 13.5 Å². The topological polar surface area (TPSA) is 64.0 Å². The molecule has 0 aliphatic carbocycles. The Hall–Kier alpha value is -3.70. The largest absolute Gasteiger partial charge is 0.340 e. The van der Waals surface area contributed by atoms with Crippen molar-refractivity contribution in [3.63, 3.8) is 0 Å². The molecule has 0 saturated carbocycles. The summed E-state index contributed by atoms with van der Waals surface area (Å²) in [7, 11) is 0. The van der Waals surface area contributed by atoms with Gasteiger partial charge >= 0.3 is 0 Å². The van der Waals surface area contributed by atoms with Crippen LogP contribution in [0.25, 0.3) is 11.3 Å². The standard InChI is InChI=1S/C25H20ClN3O2/c1-17-14-22(30)23(25(31)28-21-12-6-5-11-20(21)26)24(19-9-3-2-4-10-19)29(17)16-18-8-7-13-27-15-18/h2-15H,16H2,1H3,(H,28,31). The Bertz CT molecular complexity index is 1290. The van der Waals surface area contributed by atoms with Crippen LogP contribution in [0, 0.1) is 6.92 Å². The lowest BCUT2D eigenvalue weighted by Gasteiger charge is -2.20. The summed E-state index contributed by atoms with van der Waals surface area (Å²) in [5.74, 6) is -0.503. The van der Waals surface area contributed by atoms with E-state index < -0.39 is 5.91 Å². The molecule has 2 aromatic heterocycles. The van der Waals surface area contributed by atoms with Gasteiger partial charge in [0, 0.05) is 30.7 Å². The minimum atomic E-state index is -0.503. The van der Waals surface area contributed by atoms with Crippen molar-refractivity contribution >= 4 is 23.2 Å². The van der Waals surface area contributed by atoms with Gasteiger partial charge in [-0.3, -0.25) is 14.6 Å². The zero-order valence-electron chi connectivity index (χ0n) is 16.9. The van der Waals surface area contributed by atoms with Crippen LogP contribution in [-0.4, -0.2) is 15.5 Å². The van der Waals surface area contributed by atoms with Crippen molar-refractivity contribution < 1.29 is 4.79 Å². The second-order valence-electron chi connectivity index (χ2n) is 7.12. The number of nitrogens with zero attached hydrogens (tertiary/aromatic N) is 2. The van der Waals surface area contributed by atoms with E-state index in [1.165, 1.54) is 6.07 Å². The summed E-state index contributed by atoms with van der Waals surface area (Å²) in [4.78, 5) is 30.5. The normalized spacial score (nSPS) is 10.6. The number of pyridine rings is 2. The fraction of sp³-hybridized carbons (Fsp3) is 0.0800. The van der Waals surface area contributed by atoms with E-state index in [4.69, 9.17) is 11.6 Å². The molecule has 2 aromatic carbocycles. The molecule has 4 rings (SSSR count). The molecule has 0 fully saturated rings. The maximum absolute atomic E-state index is 13.3. The number of hydrogen-bond donors (Lipinski definition) is 1. The van der Waals surface area contributed by atoms with E-state index in [2.05, 4.69) is 10.3 Å². The Balaban J connectivity index is 1.90. The number of benzene rings is 2. The van der Waals surface area contributed by atoms with Gasteiger partial charge in [-0.15, -0.1) is 0 Å². The van der Waals surface area contributed by atoms with Crippen molar-refractivity contribution in [1.29, 1.82) is 0 Å². The van der Waals surface area contributed by atoms with E-state index in [9.17, 15) is 9.59 Å². The number of anilines is 1. The van der Waals surface area contributed by atoms with Gasteiger partial charge < -0.3 is 9.88 Å². The van der Waals surface area contributed by atoms with Crippen LogP contribution in [0.15, 0.2) is 90.0 Å². The van der Waals surface area contributed by atoms with E-state index in [0.717, 1.165) is 16.8 Å². The Morgan fingerprint density at radius 1 is 1.03 bits per heavy atom. The van der Waals surface area contributed by atoms with Crippen molar-refractivity contribution in [1.82, 2.24) is 9.55 Å². The Morgan fingerprint density at radius 2 is 1.77 bits per heavy atom. The van der Waals surface area contributed by atoms with Gasteiger partial charge in [0.2, 0.25) is 0 Å². The molecule has 0 aliphatic rings. The van der Waals surface area contributed by atoms with Crippen LogP contribution < -0.4 is 10.7 Å². The van der Waals surface area contributed by atoms with Crippen molar-refractivity contribution in [2.24, 2.45) is 0 Å². The van der Waals surface area contributed by atoms with Gasteiger partial charge in [0.25, 0.3) is 5.91 Å². The third kappa shape index (κ3) is 4.42. The number of aryl methyl sites for hydroxylation is 1. The quantitative estimate of drug-likeness (QED) is 0.475. The summed E-state index contributed by atoms with van der Waals surface area (Å²) in [6.07, 6.45) is 3.48. The molecular weight excluding hydrogens is 410 g/mol. The van der Waals surface area contributed by atoms with Gasteiger partial charge in [0.15, 0.2) is 5.43 Å². The number of rotatable bonds is 5. The third-order valence-electron chi connectivity index (χ3n) is 4.98. The number of carbonyl (C=O) groups excluding carboxylic acids is 1. The molecule has 2 heterocycles. The molecule has 0 radical (unpaired) electrons. The van der Waals surface area contributed by atoms with Crippen molar-refractivity contribution in [3.05, 3.63) is 117 Å². The van der Waals surface area contributed by atoms with Gasteiger partial charge in [-0.05, 0) is 36.2 Å². The van der Waals surface area contributed by atoms with Gasteiger partial charge in [-0.2, -0.15) is 0 Å². The van der Waals surface area contributed by atoms with Crippen LogP contribution in [0.3, 0.4) is 0 Å². The maximum atomic E-state index is 13.3. The zero-order valence-corrected chi connectivity index (χ0v) is 17.6. The van der Waals surface area contributed by atoms with E-state index in [1.807, 2.05) is 54.0 Å². The molecule has 0 bridgehead atoms. The first kappa shape index (κ1) is 20.6. The van der Waals surface area contributed by atoms with Gasteiger partial charge in [-0.1, -0.05) is 60.1 Å². The Kier molecular flexibility index (Phi) is 5.96. The highest BCUT2D eigenvalue weighted by Gasteiger charge is 2.22. The van der Waals surface area contributed by atoms with Gasteiger partial charge in [-0.25, -0.2) is 0 Å². The molecule has 1 N–H and O–H groups in total. The fourth-order valence-corrected chi connectivity index (χ4v) is 3.69. The van der Waals surface area contributed by atoms with E-state index in [0.29, 0.717) is 22.9 Å². The molecule has 4 aromatic rings. The van der Waals surface area contributed by atoms with Crippen molar-refractivity contribution in [2.75, 3.05) is 5.32 Å². The lowest BCUT2D eigenvalue weighted by atomic mass is 10.0. The monoisotopic (exact) mass is 429 g/mol. The van der Waals surface area contributed by atoms with Crippen LogP contribution in [-0.2, 0) is 6.54 Å². The first-order chi connectivity index (χ1) is 15.0. The molecular formula is C25H20ClN3O2. The maximum Gasteiger partial charge on any atom is 0.261 e. The second kappa shape index (κ2) is 8.98. The number of carbonyl (C=O) groups is 1. The third-order valence-corrected chi connectivity index (χ3v) is 5.31. The molecule has 0 unspecified atom stereocenters. The van der Waals surface area contributed by atoms with E-state index in [1.54, 1.807) is 36.7 Å². The Morgan fingerprint density at radius 3 is 2.48 bits per heavy atom. The number of amides is 1. The Labute approximate surface area is 185 Å². The smallest absolute Gasteiger partial charge is 0.261 e. The molecule has 0 atom stereocenters. The zero-order chi connectivity index (χ0) is 21.8. The minimum absolute atomic E-state index is 0.0700. The molecule has 0 aliphatic heterocycles. The van der Waals surface area contributed by atoms with E-state index in [-0.39, 0.29) is 11.0 Å². The predicted molar refractivity (Wildman–Crippen MR) is 124 cm³/mol. The lowest BCUT2D eigenvalue weighted by Crippen LogP contribution is -2.27. The fourth-order valence-electron chi connectivity index (χ4n) is 3.51. The van der Waals surface area contributed by atoms with Crippen LogP contribution in [0.2, 0.25) is 5.02 Å². The van der Waals surface area contributed by atoms with E-state index >= 15 is 0 Å². The van der Waals surface area contributed by atoms with Crippen LogP contribution in [0.1, 0.15) is 21.6 Å². The summed E-state index contributed by atoms with van der Waals surface area (Å²) in [5.41, 5.74) is 3.22. The summed E-state index contributed by atoms with van der Waals surface area (Å²) in [6.45, 7) is 2.33. The van der Waals surface area contributed by atoms with Crippen LogP contribution in [0.5, 0.6) is 0 Å². The molecule has 1 amide bonds. The number of para-hydroxylation sites is 1. The number of hydrogen-bond acceptors (Lipinski definition) is 3. The van der Waals surface area contributed by atoms with Crippen molar-refractivity contribution in [3.8, 4) is 11.3 Å². The molecule has 31 heavy (non-hydrogen) atoms. The average molecular weight is 430 g/mol. The van der Waals surface area contributed by atoms with Gasteiger partial charge in [0.05, 0.1) is 16.4 Å². The first-order valence-electron chi connectivity index (χ1n) is 9.79. The molecule has 5 nitrogen and oxygen atoms in total. The highest BCUT2D eigenvalue weighted by Crippen LogP contribution is 2.27. The average Bonchev–Trinajstić information content (AvgIpc) is 2.78. The number of aromatic nitrogens is 2. The minimum Gasteiger partial charge on any atom is -0.340 e. The summed E-state index contributed by atoms with van der Waals surface area (Å²) >= 11 is 6.21. The molecule has 6 heteroatoms. The van der Waals surface area contributed by atoms with Gasteiger partial charge in [0.1, 0.15) is 5.56 Å². The predicted octanol–water partition coefficient (Wildman–Crippen LogP) is 5.17.